The highest BCUT2D eigenvalue weighted by molar-refractivity contribution is 9.10. The normalized spacial score (nSPS) is 10.3. The molecule has 0 aliphatic carbocycles. The molecular formula is C14H16BrN3O. The molecule has 0 saturated carbocycles. The lowest BCUT2D eigenvalue weighted by molar-refractivity contribution is 0.458. The van der Waals surface area contributed by atoms with E-state index in [0.717, 1.165) is 28.8 Å². The van der Waals surface area contributed by atoms with Crippen molar-refractivity contribution in [3.63, 3.8) is 0 Å². The average molecular weight is 322 g/mol. The molecule has 19 heavy (non-hydrogen) atoms. The van der Waals surface area contributed by atoms with E-state index in [2.05, 4.69) is 38.1 Å². The molecule has 1 aromatic carbocycles. The average Bonchev–Trinajstić information content (AvgIpc) is 2.42. The first-order valence-electron chi connectivity index (χ1n) is 6.20. The molecular weight excluding hydrogens is 306 g/mol. The molecule has 0 spiro atoms. The summed E-state index contributed by atoms with van der Waals surface area (Å²) in [6.07, 6.45) is 2.79. The molecule has 2 rings (SSSR count). The van der Waals surface area contributed by atoms with Crippen molar-refractivity contribution in [2.45, 2.75) is 20.3 Å². The molecule has 1 aromatic heterocycles. The van der Waals surface area contributed by atoms with Gasteiger partial charge in [0.25, 0.3) is 0 Å². The minimum Gasteiger partial charge on any atom is -0.439 e. The number of anilines is 1. The van der Waals surface area contributed by atoms with Crippen LogP contribution in [-0.4, -0.2) is 16.5 Å². The summed E-state index contributed by atoms with van der Waals surface area (Å²) < 4.78 is 6.79. The number of rotatable bonds is 5. The molecule has 0 aliphatic rings. The van der Waals surface area contributed by atoms with Crippen LogP contribution in [0.3, 0.4) is 0 Å². The molecule has 100 valence electrons. The van der Waals surface area contributed by atoms with Crippen molar-refractivity contribution in [3.8, 4) is 11.6 Å². The van der Waals surface area contributed by atoms with Crippen LogP contribution in [0.5, 0.6) is 11.6 Å². The summed E-state index contributed by atoms with van der Waals surface area (Å²) in [6, 6.07) is 7.65. The third-order valence-electron chi connectivity index (χ3n) is 2.49. The quantitative estimate of drug-likeness (QED) is 0.898. The first kappa shape index (κ1) is 13.8. The Morgan fingerprint density at radius 2 is 2.00 bits per heavy atom. The second-order valence-electron chi connectivity index (χ2n) is 4.16. The van der Waals surface area contributed by atoms with Crippen molar-refractivity contribution < 1.29 is 4.74 Å². The van der Waals surface area contributed by atoms with Gasteiger partial charge in [-0.2, -0.15) is 4.98 Å². The Bertz CT molecular complexity index is 543. The van der Waals surface area contributed by atoms with Crippen molar-refractivity contribution in [2.75, 3.05) is 11.9 Å². The van der Waals surface area contributed by atoms with Crippen LogP contribution in [-0.2, 0) is 0 Å². The van der Waals surface area contributed by atoms with Crippen molar-refractivity contribution in [2.24, 2.45) is 0 Å². The number of hydrogen-bond donors (Lipinski definition) is 1. The van der Waals surface area contributed by atoms with Gasteiger partial charge in [-0.1, -0.05) is 22.9 Å². The molecule has 1 heterocycles. The largest absolute Gasteiger partial charge is 0.439 e. The van der Waals surface area contributed by atoms with Crippen LogP contribution in [0.2, 0.25) is 0 Å². The highest BCUT2D eigenvalue weighted by atomic mass is 79.9. The summed E-state index contributed by atoms with van der Waals surface area (Å²) in [7, 11) is 0. The first-order chi connectivity index (χ1) is 9.19. The number of ether oxygens (including phenoxy) is 1. The van der Waals surface area contributed by atoms with Gasteiger partial charge in [0.15, 0.2) is 0 Å². The van der Waals surface area contributed by atoms with Gasteiger partial charge in [-0.05, 0) is 37.6 Å². The number of hydrogen-bond acceptors (Lipinski definition) is 4. The van der Waals surface area contributed by atoms with E-state index in [9.17, 15) is 0 Å². The molecule has 0 unspecified atom stereocenters. The highest BCUT2D eigenvalue weighted by Gasteiger charge is 2.06. The lowest BCUT2D eigenvalue weighted by Crippen LogP contribution is -2.05. The number of nitrogens with one attached hydrogen (secondary N) is 1. The molecule has 1 N–H and O–H groups in total. The molecule has 5 heteroatoms. The number of benzene rings is 1. The molecule has 0 atom stereocenters. The van der Waals surface area contributed by atoms with Crippen molar-refractivity contribution in [1.29, 1.82) is 0 Å². The standard InChI is InChI=1S/C14H16BrN3O/c1-3-8-16-14-17-9-10(2)13(18-14)19-12-6-4-11(15)5-7-12/h4-7,9H,3,8H2,1-2H3,(H,16,17,18). The van der Waals surface area contributed by atoms with Gasteiger partial charge >= 0.3 is 0 Å². The second kappa shape index (κ2) is 6.52. The zero-order chi connectivity index (χ0) is 13.7. The monoisotopic (exact) mass is 321 g/mol. The minimum absolute atomic E-state index is 0.580. The Kier molecular flexibility index (Phi) is 4.74. The fourth-order valence-corrected chi connectivity index (χ4v) is 1.73. The highest BCUT2D eigenvalue weighted by Crippen LogP contribution is 2.24. The zero-order valence-electron chi connectivity index (χ0n) is 11.0. The molecule has 2 aromatic rings. The summed E-state index contributed by atoms with van der Waals surface area (Å²) in [6.45, 7) is 4.87. The zero-order valence-corrected chi connectivity index (χ0v) is 12.6. The lowest BCUT2D eigenvalue weighted by atomic mass is 10.3. The van der Waals surface area contributed by atoms with E-state index in [1.54, 1.807) is 6.20 Å². The summed E-state index contributed by atoms with van der Waals surface area (Å²) in [5.41, 5.74) is 0.907. The van der Waals surface area contributed by atoms with Crippen LogP contribution in [0.1, 0.15) is 18.9 Å². The molecule has 0 saturated heterocycles. The van der Waals surface area contributed by atoms with Crippen molar-refractivity contribution in [3.05, 3.63) is 40.5 Å². The van der Waals surface area contributed by atoms with Gasteiger partial charge in [0.05, 0.1) is 0 Å². The molecule has 0 aliphatic heterocycles. The molecule has 0 amide bonds. The predicted molar refractivity (Wildman–Crippen MR) is 79.8 cm³/mol. The van der Waals surface area contributed by atoms with E-state index in [1.807, 2.05) is 31.2 Å². The summed E-state index contributed by atoms with van der Waals surface area (Å²) >= 11 is 3.39. The van der Waals surface area contributed by atoms with Gasteiger partial charge in [-0.25, -0.2) is 4.98 Å². The van der Waals surface area contributed by atoms with Crippen LogP contribution < -0.4 is 10.1 Å². The van der Waals surface area contributed by atoms with E-state index in [-0.39, 0.29) is 0 Å². The lowest BCUT2D eigenvalue weighted by Gasteiger charge is -2.09. The Morgan fingerprint density at radius 1 is 1.26 bits per heavy atom. The second-order valence-corrected chi connectivity index (χ2v) is 5.08. The van der Waals surface area contributed by atoms with Gasteiger partial charge in [0, 0.05) is 22.8 Å². The Morgan fingerprint density at radius 3 is 2.68 bits per heavy atom. The van der Waals surface area contributed by atoms with Gasteiger partial charge in [-0.3, -0.25) is 0 Å². The van der Waals surface area contributed by atoms with Gasteiger partial charge in [0.2, 0.25) is 11.8 Å². The fourth-order valence-electron chi connectivity index (χ4n) is 1.47. The summed E-state index contributed by atoms with van der Waals surface area (Å²) in [5, 5.41) is 3.15. The van der Waals surface area contributed by atoms with E-state index >= 15 is 0 Å². The molecule has 0 bridgehead atoms. The maximum atomic E-state index is 5.77. The smallest absolute Gasteiger partial charge is 0.226 e. The van der Waals surface area contributed by atoms with Crippen LogP contribution in [0, 0.1) is 6.92 Å². The predicted octanol–water partition coefficient (Wildman–Crippen LogP) is 4.16. The Balaban J connectivity index is 2.16. The van der Waals surface area contributed by atoms with Crippen LogP contribution in [0.25, 0.3) is 0 Å². The molecule has 0 fully saturated rings. The number of aryl methyl sites for hydroxylation is 1. The van der Waals surface area contributed by atoms with Crippen molar-refractivity contribution >= 4 is 21.9 Å². The Hall–Kier alpha value is -1.62. The third-order valence-corrected chi connectivity index (χ3v) is 3.02. The van der Waals surface area contributed by atoms with E-state index < -0.39 is 0 Å². The minimum atomic E-state index is 0.580. The number of nitrogens with zero attached hydrogens (tertiary/aromatic N) is 2. The van der Waals surface area contributed by atoms with E-state index in [4.69, 9.17) is 4.74 Å². The summed E-state index contributed by atoms with van der Waals surface area (Å²) in [4.78, 5) is 8.59. The summed E-state index contributed by atoms with van der Waals surface area (Å²) in [5.74, 6) is 1.93. The number of halogens is 1. The fraction of sp³-hybridized carbons (Fsp3) is 0.286. The van der Waals surface area contributed by atoms with Crippen LogP contribution in [0.4, 0.5) is 5.95 Å². The SMILES string of the molecule is CCCNc1ncc(C)c(Oc2ccc(Br)cc2)n1. The molecule has 0 radical (unpaired) electrons. The van der Waals surface area contributed by atoms with E-state index in [0.29, 0.717) is 11.8 Å². The van der Waals surface area contributed by atoms with Crippen LogP contribution >= 0.6 is 15.9 Å². The Labute approximate surface area is 121 Å². The first-order valence-corrected chi connectivity index (χ1v) is 6.99. The van der Waals surface area contributed by atoms with Gasteiger partial charge < -0.3 is 10.1 Å². The topological polar surface area (TPSA) is 47.0 Å². The maximum absolute atomic E-state index is 5.77. The van der Waals surface area contributed by atoms with Gasteiger partial charge in [0.1, 0.15) is 5.75 Å². The van der Waals surface area contributed by atoms with E-state index in [1.165, 1.54) is 0 Å². The number of aromatic nitrogens is 2. The van der Waals surface area contributed by atoms with Crippen molar-refractivity contribution in [1.82, 2.24) is 9.97 Å². The third kappa shape index (κ3) is 3.92. The molecule has 4 nitrogen and oxygen atoms in total. The van der Waals surface area contributed by atoms with Crippen LogP contribution in [0.15, 0.2) is 34.9 Å². The van der Waals surface area contributed by atoms with Gasteiger partial charge in [-0.15, -0.1) is 0 Å². The maximum Gasteiger partial charge on any atom is 0.226 e.